The van der Waals surface area contributed by atoms with E-state index in [1.807, 2.05) is 13.8 Å². The van der Waals surface area contributed by atoms with E-state index < -0.39 is 5.82 Å². The maximum Gasteiger partial charge on any atom is 0.186 e. The van der Waals surface area contributed by atoms with E-state index >= 15 is 0 Å². The molecule has 0 aromatic carbocycles. The first kappa shape index (κ1) is 7.91. The number of nitrogen functional groups attached to an aromatic ring is 1. The lowest BCUT2D eigenvalue weighted by atomic mass is 10.1. The van der Waals surface area contributed by atoms with E-state index in [0.717, 1.165) is 0 Å². The molecule has 0 radical (unpaired) electrons. The number of nitrogens with zero attached hydrogens (tertiary/aromatic N) is 2. The highest BCUT2D eigenvalue weighted by atomic mass is 19.1. The van der Waals surface area contributed by atoms with Gasteiger partial charge in [0, 0.05) is 0 Å². The summed E-state index contributed by atoms with van der Waals surface area (Å²) in [5.41, 5.74) is 5.60. The van der Waals surface area contributed by atoms with Crippen LogP contribution in [-0.2, 0) is 0 Å². The van der Waals surface area contributed by atoms with Crippen LogP contribution in [0.25, 0.3) is 0 Å². The predicted octanol–water partition coefficient (Wildman–Crippen LogP) is 1.32. The average Bonchev–Trinajstić information content (AvgIpc) is 1.94. The van der Waals surface area contributed by atoms with Gasteiger partial charge in [-0.05, 0) is 5.92 Å². The quantitative estimate of drug-likeness (QED) is 0.665. The average molecular weight is 155 g/mol. The number of rotatable bonds is 1. The fourth-order valence-electron chi connectivity index (χ4n) is 0.800. The molecule has 2 N–H and O–H groups in total. The van der Waals surface area contributed by atoms with Crippen LogP contribution >= 0.6 is 0 Å². The Hall–Kier alpha value is -1.19. The van der Waals surface area contributed by atoms with Crippen LogP contribution in [0.1, 0.15) is 25.5 Å². The van der Waals surface area contributed by atoms with Crippen LogP contribution in [0.5, 0.6) is 0 Å². The van der Waals surface area contributed by atoms with Crippen molar-refractivity contribution in [2.75, 3.05) is 5.73 Å². The van der Waals surface area contributed by atoms with Crippen molar-refractivity contribution in [2.24, 2.45) is 0 Å². The van der Waals surface area contributed by atoms with Gasteiger partial charge in [-0.25, -0.2) is 14.4 Å². The Morgan fingerprint density at radius 3 is 2.55 bits per heavy atom. The van der Waals surface area contributed by atoms with Gasteiger partial charge >= 0.3 is 0 Å². The lowest BCUT2D eigenvalue weighted by molar-refractivity contribution is 0.582. The summed E-state index contributed by atoms with van der Waals surface area (Å²) in [5.74, 6) is -0.536. The highest BCUT2D eigenvalue weighted by Crippen LogP contribution is 2.17. The van der Waals surface area contributed by atoms with Crippen LogP contribution in [0.4, 0.5) is 10.2 Å². The van der Waals surface area contributed by atoms with Crippen molar-refractivity contribution in [1.29, 1.82) is 0 Å². The second kappa shape index (κ2) is 2.82. The fourth-order valence-corrected chi connectivity index (χ4v) is 0.800. The van der Waals surface area contributed by atoms with E-state index in [1.165, 1.54) is 6.33 Å². The Morgan fingerprint density at radius 2 is 2.09 bits per heavy atom. The van der Waals surface area contributed by atoms with Gasteiger partial charge in [-0.3, -0.25) is 0 Å². The van der Waals surface area contributed by atoms with Gasteiger partial charge in [0.15, 0.2) is 11.6 Å². The van der Waals surface area contributed by atoms with Gasteiger partial charge in [0.25, 0.3) is 0 Å². The molecule has 3 nitrogen and oxygen atoms in total. The van der Waals surface area contributed by atoms with Gasteiger partial charge in [0.2, 0.25) is 0 Å². The largest absolute Gasteiger partial charge is 0.381 e. The van der Waals surface area contributed by atoms with Crippen molar-refractivity contribution in [3.8, 4) is 0 Å². The van der Waals surface area contributed by atoms with E-state index in [-0.39, 0.29) is 11.7 Å². The molecule has 0 aliphatic heterocycles. The molecule has 0 saturated carbocycles. The van der Waals surface area contributed by atoms with E-state index in [0.29, 0.717) is 5.69 Å². The summed E-state index contributed by atoms with van der Waals surface area (Å²) in [6.45, 7) is 3.70. The molecule has 4 heteroatoms. The third-order valence-electron chi connectivity index (χ3n) is 1.39. The van der Waals surface area contributed by atoms with Crippen molar-refractivity contribution in [3.63, 3.8) is 0 Å². The molecule has 0 aliphatic rings. The molecule has 0 unspecified atom stereocenters. The Balaban J connectivity index is 3.17. The second-order valence-electron chi connectivity index (χ2n) is 2.61. The molecule has 1 rings (SSSR count). The normalized spacial score (nSPS) is 10.5. The highest BCUT2D eigenvalue weighted by Gasteiger charge is 2.10. The molecule has 0 aliphatic carbocycles. The lowest BCUT2D eigenvalue weighted by Gasteiger charge is -2.05. The van der Waals surface area contributed by atoms with Gasteiger partial charge in [-0.15, -0.1) is 0 Å². The number of hydrogen-bond donors (Lipinski definition) is 1. The van der Waals surface area contributed by atoms with Gasteiger partial charge < -0.3 is 5.73 Å². The molecule has 0 amide bonds. The van der Waals surface area contributed by atoms with Gasteiger partial charge in [0.05, 0.1) is 5.69 Å². The Morgan fingerprint density at radius 1 is 1.45 bits per heavy atom. The Bertz CT molecular complexity index is 260. The van der Waals surface area contributed by atoms with E-state index in [1.54, 1.807) is 0 Å². The summed E-state index contributed by atoms with van der Waals surface area (Å²) in [7, 11) is 0. The molecule has 0 bridgehead atoms. The minimum atomic E-state index is -0.498. The second-order valence-corrected chi connectivity index (χ2v) is 2.61. The fraction of sp³-hybridized carbons (Fsp3) is 0.429. The summed E-state index contributed by atoms with van der Waals surface area (Å²) in [6.07, 6.45) is 1.27. The Labute approximate surface area is 64.5 Å². The topological polar surface area (TPSA) is 51.8 Å². The minimum Gasteiger partial charge on any atom is -0.381 e. The molecule has 11 heavy (non-hydrogen) atoms. The standard InChI is InChI=1S/C7H10FN3/c1-4(2)6-5(8)7(9)11-3-10-6/h3-4H,1-2H3,(H2,9,10,11). The van der Waals surface area contributed by atoms with Crippen LogP contribution in [-0.4, -0.2) is 9.97 Å². The summed E-state index contributed by atoms with van der Waals surface area (Å²) in [4.78, 5) is 7.29. The van der Waals surface area contributed by atoms with Crippen LogP contribution in [0.15, 0.2) is 6.33 Å². The molecule has 0 saturated heterocycles. The number of hydrogen-bond acceptors (Lipinski definition) is 3. The van der Waals surface area contributed by atoms with Crippen molar-refractivity contribution in [1.82, 2.24) is 9.97 Å². The molecular formula is C7H10FN3. The van der Waals surface area contributed by atoms with E-state index in [4.69, 9.17) is 5.73 Å². The monoisotopic (exact) mass is 155 g/mol. The summed E-state index contributed by atoms with van der Waals surface area (Å²) < 4.78 is 13.0. The summed E-state index contributed by atoms with van der Waals surface area (Å²) in [6, 6.07) is 0. The molecule has 0 fully saturated rings. The first-order valence-corrected chi connectivity index (χ1v) is 3.38. The molecule has 1 aromatic heterocycles. The maximum atomic E-state index is 13.0. The van der Waals surface area contributed by atoms with Crippen LogP contribution in [0.3, 0.4) is 0 Å². The molecule has 0 atom stereocenters. The van der Waals surface area contributed by atoms with Crippen molar-refractivity contribution in [3.05, 3.63) is 17.8 Å². The highest BCUT2D eigenvalue weighted by molar-refractivity contribution is 5.31. The SMILES string of the molecule is CC(C)c1ncnc(N)c1F. The van der Waals surface area contributed by atoms with Crippen molar-refractivity contribution >= 4 is 5.82 Å². The predicted molar refractivity (Wildman–Crippen MR) is 40.5 cm³/mol. The number of aromatic nitrogens is 2. The first-order chi connectivity index (χ1) is 5.13. The zero-order valence-corrected chi connectivity index (χ0v) is 6.50. The third-order valence-corrected chi connectivity index (χ3v) is 1.39. The molecule has 1 aromatic rings. The zero-order chi connectivity index (χ0) is 8.43. The Kier molecular flexibility index (Phi) is 2.03. The molecule has 1 heterocycles. The minimum absolute atomic E-state index is 0.0419. The molecule has 0 spiro atoms. The maximum absolute atomic E-state index is 13.0. The third kappa shape index (κ3) is 1.45. The number of anilines is 1. The molecular weight excluding hydrogens is 145 g/mol. The van der Waals surface area contributed by atoms with Crippen LogP contribution < -0.4 is 5.73 Å². The first-order valence-electron chi connectivity index (χ1n) is 3.38. The number of halogens is 1. The van der Waals surface area contributed by atoms with E-state index in [9.17, 15) is 4.39 Å². The molecule has 60 valence electrons. The van der Waals surface area contributed by atoms with Gasteiger partial charge in [0.1, 0.15) is 6.33 Å². The van der Waals surface area contributed by atoms with Crippen LogP contribution in [0, 0.1) is 5.82 Å². The number of nitrogens with two attached hydrogens (primary N) is 1. The smallest absolute Gasteiger partial charge is 0.186 e. The summed E-state index contributed by atoms with van der Waals surface area (Å²) in [5, 5.41) is 0. The van der Waals surface area contributed by atoms with Crippen molar-refractivity contribution < 1.29 is 4.39 Å². The van der Waals surface area contributed by atoms with Crippen LogP contribution in [0.2, 0.25) is 0 Å². The van der Waals surface area contributed by atoms with Crippen molar-refractivity contribution in [2.45, 2.75) is 19.8 Å². The zero-order valence-electron chi connectivity index (χ0n) is 6.50. The van der Waals surface area contributed by atoms with E-state index in [2.05, 4.69) is 9.97 Å². The summed E-state index contributed by atoms with van der Waals surface area (Å²) >= 11 is 0. The van der Waals surface area contributed by atoms with Gasteiger partial charge in [-0.2, -0.15) is 0 Å². The van der Waals surface area contributed by atoms with Gasteiger partial charge in [-0.1, -0.05) is 13.8 Å². The lowest BCUT2D eigenvalue weighted by Crippen LogP contribution is -2.03.